The molecule has 0 bridgehead atoms. The Kier molecular flexibility index (Phi) is 15.0. The second-order valence-corrected chi connectivity index (χ2v) is 20.9. The lowest BCUT2D eigenvalue weighted by Gasteiger charge is -2.50. The molecule has 0 spiro atoms. The van der Waals surface area contributed by atoms with Gasteiger partial charge in [-0.2, -0.15) is 0 Å². The number of rotatable bonds is 18. The third-order valence-electron chi connectivity index (χ3n) is 10.9. The van der Waals surface area contributed by atoms with E-state index in [0.717, 1.165) is 28.1 Å². The molecule has 0 aliphatic carbocycles. The van der Waals surface area contributed by atoms with Gasteiger partial charge in [0.1, 0.15) is 24.7 Å². The Bertz CT molecular complexity index is 1680. The van der Waals surface area contributed by atoms with Crippen molar-refractivity contribution in [2.45, 2.75) is 95.9 Å². The highest BCUT2D eigenvalue weighted by atomic mass is 28.4. The number of ether oxygens (including phenoxy) is 5. The molecule has 0 saturated carbocycles. The zero-order valence-corrected chi connectivity index (χ0v) is 34.7. The molecule has 2 aliphatic rings. The van der Waals surface area contributed by atoms with Crippen molar-refractivity contribution in [3.8, 4) is 11.5 Å². The molecular formula is C44H60N2O8Si. The largest absolute Gasteiger partial charge is 0.490 e. The van der Waals surface area contributed by atoms with E-state index >= 15 is 0 Å². The van der Waals surface area contributed by atoms with Gasteiger partial charge in [0.2, 0.25) is 8.32 Å². The van der Waals surface area contributed by atoms with Crippen molar-refractivity contribution in [3.63, 3.8) is 0 Å². The molecule has 2 aliphatic heterocycles. The molecule has 55 heavy (non-hydrogen) atoms. The lowest BCUT2D eigenvalue weighted by atomic mass is 9.84. The summed E-state index contributed by atoms with van der Waals surface area (Å²) in [7, 11) is -0.788. The number of piperidine rings is 1. The van der Waals surface area contributed by atoms with Crippen LogP contribution in [-0.4, -0.2) is 84.0 Å². The summed E-state index contributed by atoms with van der Waals surface area (Å²) in [4.78, 5) is 30.4. The summed E-state index contributed by atoms with van der Waals surface area (Å²) in [5, 5.41) is 0. The van der Waals surface area contributed by atoms with E-state index in [1.165, 1.54) is 0 Å². The van der Waals surface area contributed by atoms with E-state index < -0.39 is 20.5 Å². The molecule has 10 nitrogen and oxygen atoms in total. The minimum absolute atomic E-state index is 0.00251. The van der Waals surface area contributed by atoms with Crippen LogP contribution >= 0.6 is 0 Å². The number of hydrogen-bond donors (Lipinski definition) is 0. The summed E-state index contributed by atoms with van der Waals surface area (Å²) in [6, 6.07) is 23.7. The van der Waals surface area contributed by atoms with Crippen molar-refractivity contribution in [2.24, 2.45) is 0 Å². The normalized spacial score (nSPS) is 18.7. The van der Waals surface area contributed by atoms with Crippen LogP contribution in [0.3, 0.4) is 0 Å². The lowest BCUT2D eigenvalue weighted by molar-refractivity contribution is -0.121. The molecule has 11 heteroatoms. The molecular weight excluding hydrogens is 713 g/mol. The van der Waals surface area contributed by atoms with E-state index in [-0.39, 0.29) is 37.7 Å². The Hall–Kier alpha value is -4.16. The zero-order valence-electron chi connectivity index (χ0n) is 33.7. The minimum atomic E-state index is -2.45. The van der Waals surface area contributed by atoms with Crippen LogP contribution in [0.2, 0.25) is 16.6 Å². The fourth-order valence-corrected chi connectivity index (χ4v) is 14.0. The van der Waals surface area contributed by atoms with Crippen LogP contribution in [0.4, 0.5) is 10.5 Å². The predicted molar refractivity (Wildman–Crippen MR) is 218 cm³/mol. The number of anilines is 1. The molecule has 0 aromatic heterocycles. The molecule has 1 fully saturated rings. The Morgan fingerprint density at radius 1 is 0.909 bits per heavy atom. The summed E-state index contributed by atoms with van der Waals surface area (Å²) in [6.07, 6.45) is 1.21. The van der Waals surface area contributed by atoms with Gasteiger partial charge in [0.05, 0.1) is 31.0 Å². The van der Waals surface area contributed by atoms with Crippen LogP contribution in [0.25, 0.3) is 0 Å². The second-order valence-electron chi connectivity index (χ2n) is 15.4. The number of fused-ring (bicyclic) bond motifs is 1. The van der Waals surface area contributed by atoms with E-state index in [1.807, 2.05) is 60.7 Å². The molecule has 0 radical (unpaired) electrons. The highest BCUT2D eigenvalue weighted by Crippen LogP contribution is 2.46. The number of hydrogen-bond acceptors (Lipinski definition) is 8. The maximum absolute atomic E-state index is 13.9. The molecule has 298 valence electrons. The van der Waals surface area contributed by atoms with Crippen molar-refractivity contribution >= 4 is 26.0 Å². The van der Waals surface area contributed by atoms with Crippen LogP contribution in [0.1, 0.15) is 70.6 Å². The Labute approximate surface area is 328 Å². The van der Waals surface area contributed by atoms with Gasteiger partial charge in [-0.25, -0.2) is 4.79 Å². The van der Waals surface area contributed by atoms with Crippen LogP contribution < -0.4 is 14.4 Å². The Morgan fingerprint density at radius 3 is 2.25 bits per heavy atom. The maximum Gasteiger partial charge on any atom is 0.410 e. The maximum atomic E-state index is 13.9. The van der Waals surface area contributed by atoms with Crippen molar-refractivity contribution < 1.29 is 37.7 Å². The number of nitrogens with zero attached hydrogens (tertiary/aromatic N) is 2. The lowest BCUT2D eigenvalue weighted by Crippen LogP contribution is -2.59. The van der Waals surface area contributed by atoms with Crippen molar-refractivity contribution in [1.82, 2.24) is 4.90 Å². The number of carbonyl (C=O) groups is 2. The van der Waals surface area contributed by atoms with Gasteiger partial charge in [-0.15, -0.1) is 0 Å². The predicted octanol–water partition coefficient (Wildman–Crippen LogP) is 8.90. The smallest absolute Gasteiger partial charge is 0.410 e. The number of amides is 2. The molecule has 0 unspecified atom stereocenters. The van der Waals surface area contributed by atoms with E-state index in [4.69, 9.17) is 28.1 Å². The van der Waals surface area contributed by atoms with E-state index in [0.29, 0.717) is 61.6 Å². The first-order valence-electron chi connectivity index (χ1n) is 19.6. The quantitative estimate of drug-likeness (QED) is 0.0719. The monoisotopic (exact) mass is 772 g/mol. The topological polar surface area (TPSA) is 96.0 Å². The van der Waals surface area contributed by atoms with Crippen LogP contribution in [0.5, 0.6) is 11.5 Å². The third-order valence-corrected chi connectivity index (χ3v) is 17.0. The van der Waals surface area contributed by atoms with Crippen molar-refractivity contribution in [2.75, 3.05) is 51.5 Å². The number of methoxy groups -OCH3 is 1. The van der Waals surface area contributed by atoms with Crippen LogP contribution in [-0.2, 0) is 36.6 Å². The van der Waals surface area contributed by atoms with Crippen molar-refractivity contribution in [1.29, 1.82) is 0 Å². The molecule has 5 rings (SSSR count). The summed E-state index contributed by atoms with van der Waals surface area (Å²) >= 11 is 0. The first-order chi connectivity index (χ1) is 26.5. The van der Waals surface area contributed by atoms with Gasteiger partial charge in [0, 0.05) is 32.7 Å². The van der Waals surface area contributed by atoms with E-state index in [1.54, 1.807) is 23.0 Å². The van der Waals surface area contributed by atoms with Gasteiger partial charge in [0.15, 0.2) is 6.61 Å². The summed E-state index contributed by atoms with van der Waals surface area (Å²) in [6.45, 7) is 20.0. The van der Waals surface area contributed by atoms with Gasteiger partial charge >= 0.3 is 6.09 Å². The van der Waals surface area contributed by atoms with Gasteiger partial charge in [0.25, 0.3) is 5.91 Å². The summed E-state index contributed by atoms with van der Waals surface area (Å²) in [5.41, 5.74) is 4.56. The van der Waals surface area contributed by atoms with Gasteiger partial charge < -0.3 is 37.9 Å². The number of carbonyl (C=O) groups excluding carboxylic acids is 2. The highest BCUT2D eigenvalue weighted by molar-refractivity contribution is 6.77. The molecule has 3 aromatic carbocycles. The average Bonchev–Trinajstić information content (AvgIpc) is 3.18. The zero-order chi connectivity index (χ0) is 39.5. The van der Waals surface area contributed by atoms with E-state index in [9.17, 15) is 9.59 Å². The minimum Gasteiger partial charge on any atom is -0.490 e. The fraction of sp³-hybridized carbons (Fsp3) is 0.500. The van der Waals surface area contributed by atoms with Crippen LogP contribution in [0, 0.1) is 0 Å². The molecule has 2 amide bonds. The number of benzene rings is 3. The summed E-state index contributed by atoms with van der Waals surface area (Å²) < 4.78 is 37.3. The van der Waals surface area contributed by atoms with E-state index in [2.05, 4.69) is 60.3 Å². The summed E-state index contributed by atoms with van der Waals surface area (Å²) in [5.74, 6) is 1.11. The highest BCUT2D eigenvalue weighted by Gasteiger charge is 2.51. The standard InChI is InChI=1S/C44H60N2O8Si/c1-9-23-50-37-19-17-36(18-20-37)43-40(51-29-35-16-21-39-38(25-35)46(22-13-24-49-8)42(47)30-52-39)26-45(44(48)53-28-34-14-11-10-12-15-34)27-41(43)54-55(31(2)3,32(4)5)33(6)7/h9-12,14-21,25,31-33,40-41,43H,1,13,22-24,26-30H2,2-8H3/t40-,41+,43+/m0/s1. The average molecular weight is 773 g/mol. The number of likely N-dealkylation sites (tertiary alicyclic amines) is 1. The Morgan fingerprint density at radius 2 is 1.60 bits per heavy atom. The molecule has 0 N–H and O–H groups in total. The SMILES string of the molecule is C=CCOc1ccc([C@@H]2[C@@H](OCc3ccc4c(c3)N(CCCOC)C(=O)CO4)CN(C(=O)OCc3ccccc3)C[C@H]2O[Si](C(C)C)(C(C)C)C(C)C)cc1. The molecule has 3 aromatic rings. The molecule has 2 heterocycles. The molecule has 1 saturated heterocycles. The second kappa shape index (κ2) is 19.6. The Balaban J connectivity index is 1.51. The molecule has 3 atom stereocenters. The van der Waals surface area contributed by atoms with Gasteiger partial charge in [-0.1, -0.05) is 103 Å². The fourth-order valence-electron chi connectivity index (χ4n) is 8.40. The van der Waals surface area contributed by atoms with Gasteiger partial charge in [-0.05, 0) is 64.0 Å². The first-order valence-corrected chi connectivity index (χ1v) is 21.8. The van der Waals surface area contributed by atoms with Crippen LogP contribution in [0.15, 0.2) is 85.5 Å². The third kappa shape index (κ3) is 10.2. The van der Waals surface area contributed by atoms with Gasteiger partial charge in [-0.3, -0.25) is 4.79 Å². The van der Waals surface area contributed by atoms with Crippen molar-refractivity contribution in [3.05, 3.63) is 102 Å². The first kappa shape index (κ1) is 42.0.